The van der Waals surface area contributed by atoms with Crippen LogP contribution in [0, 0.1) is 0 Å². The highest BCUT2D eigenvalue weighted by Gasteiger charge is 2.38. The lowest BCUT2D eigenvalue weighted by atomic mass is 10.1. The van der Waals surface area contributed by atoms with E-state index in [0.29, 0.717) is 24.4 Å². The minimum atomic E-state index is -0.459. The van der Waals surface area contributed by atoms with Gasteiger partial charge < -0.3 is 14.5 Å². The van der Waals surface area contributed by atoms with E-state index in [9.17, 15) is 9.59 Å². The lowest BCUT2D eigenvalue weighted by Gasteiger charge is -2.42. The molecule has 2 aliphatic heterocycles. The SMILES string of the molecule is COc1cccc(C(=O)N2CCN(Cc3ccccc3)CC2C(=O)N2CCCC2)c1. The van der Waals surface area contributed by atoms with Crippen molar-refractivity contribution in [1.29, 1.82) is 0 Å². The average Bonchev–Trinajstić information content (AvgIpc) is 3.34. The Morgan fingerprint density at radius 1 is 0.967 bits per heavy atom. The molecule has 2 saturated heterocycles. The number of piperazine rings is 1. The summed E-state index contributed by atoms with van der Waals surface area (Å²) in [7, 11) is 1.59. The Morgan fingerprint density at radius 3 is 2.47 bits per heavy atom. The van der Waals surface area contributed by atoms with Gasteiger partial charge in [-0.3, -0.25) is 14.5 Å². The van der Waals surface area contributed by atoms with E-state index in [-0.39, 0.29) is 11.8 Å². The van der Waals surface area contributed by atoms with Crippen LogP contribution >= 0.6 is 0 Å². The molecular formula is C24H29N3O3. The predicted octanol–water partition coefficient (Wildman–Crippen LogP) is 2.64. The van der Waals surface area contributed by atoms with Crippen molar-refractivity contribution in [2.24, 2.45) is 0 Å². The Kier molecular flexibility index (Phi) is 6.33. The maximum atomic E-state index is 13.3. The van der Waals surface area contributed by atoms with Crippen LogP contribution in [0.2, 0.25) is 0 Å². The summed E-state index contributed by atoms with van der Waals surface area (Å²) >= 11 is 0. The van der Waals surface area contributed by atoms with Crippen molar-refractivity contribution in [3.63, 3.8) is 0 Å². The number of nitrogens with zero attached hydrogens (tertiary/aromatic N) is 3. The molecule has 0 radical (unpaired) electrons. The summed E-state index contributed by atoms with van der Waals surface area (Å²) in [4.78, 5) is 32.7. The molecule has 0 aliphatic carbocycles. The van der Waals surface area contributed by atoms with Gasteiger partial charge in [0.05, 0.1) is 7.11 Å². The van der Waals surface area contributed by atoms with Crippen molar-refractivity contribution < 1.29 is 14.3 Å². The van der Waals surface area contributed by atoms with Crippen LogP contribution in [0.4, 0.5) is 0 Å². The summed E-state index contributed by atoms with van der Waals surface area (Å²) in [5.41, 5.74) is 1.78. The molecule has 2 aromatic rings. The molecule has 158 valence electrons. The minimum Gasteiger partial charge on any atom is -0.497 e. The molecule has 2 heterocycles. The number of ether oxygens (including phenoxy) is 1. The van der Waals surface area contributed by atoms with E-state index in [4.69, 9.17) is 4.74 Å². The van der Waals surface area contributed by atoms with Crippen LogP contribution in [-0.4, -0.2) is 72.4 Å². The third-order valence-electron chi connectivity index (χ3n) is 5.99. The molecule has 0 bridgehead atoms. The van der Waals surface area contributed by atoms with Crippen LogP contribution in [0.25, 0.3) is 0 Å². The first-order valence-corrected chi connectivity index (χ1v) is 10.7. The number of methoxy groups -OCH3 is 1. The molecule has 6 nitrogen and oxygen atoms in total. The summed E-state index contributed by atoms with van der Waals surface area (Å²) in [6, 6.07) is 17.0. The monoisotopic (exact) mass is 407 g/mol. The standard InChI is InChI=1S/C24H29N3O3/c1-30-21-11-7-10-20(16-21)23(28)27-15-14-25(17-19-8-3-2-4-9-19)18-22(27)24(29)26-12-5-6-13-26/h2-4,7-11,16,22H,5-6,12-15,17-18H2,1H3. The summed E-state index contributed by atoms with van der Waals surface area (Å²) in [6.07, 6.45) is 2.08. The van der Waals surface area contributed by atoms with Crippen molar-refractivity contribution in [2.45, 2.75) is 25.4 Å². The molecule has 0 N–H and O–H groups in total. The van der Waals surface area contributed by atoms with Gasteiger partial charge in [-0.1, -0.05) is 36.4 Å². The lowest BCUT2D eigenvalue weighted by molar-refractivity contribution is -0.137. The average molecular weight is 408 g/mol. The zero-order valence-corrected chi connectivity index (χ0v) is 17.5. The smallest absolute Gasteiger partial charge is 0.254 e. The van der Waals surface area contributed by atoms with Gasteiger partial charge in [-0.25, -0.2) is 0 Å². The molecule has 2 aromatic carbocycles. The number of carbonyl (C=O) groups is 2. The Bertz CT molecular complexity index is 880. The van der Waals surface area contributed by atoms with Crippen molar-refractivity contribution in [3.05, 3.63) is 65.7 Å². The van der Waals surface area contributed by atoms with Gasteiger partial charge in [-0.05, 0) is 36.6 Å². The molecule has 0 saturated carbocycles. The normalized spacial score (nSPS) is 19.7. The van der Waals surface area contributed by atoms with Crippen LogP contribution in [0.15, 0.2) is 54.6 Å². The van der Waals surface area contributed by atoms with E-state index in [1.54, 1.807) is 24.1 Å². The molecule has 2 amide bonds. The number of likely N-dealkylation sites (tertiary alicyclic amines) is 1. The predicted molar refractivity (Wildman–Crippen MR) is 115 cm³/mol. The highest BCUT2D eigenvalue weighted by Crippen LogP contribution is 2.22. The molecular weight excluding hydrogens is 378 g/mol. The summed E-state index contributed by atoms with van der Waals surface area (Å²) in [5, 5.41) is 0. The summed E-state index contributed by atoms with van der Waals surface area (Å²) in [6.45, 7) is 4.19. The fraction of sp³-hybridized carbons (Fsp3) is 0.417. The van der Waals surface area contributed by atoms with E-state index in [1.807, 2.05) is 35.2 Å². The number of hydrogen-bond donors (Lipinski definition) is 0. The summed E-state index contributed by atoms with van der Waals surface area (Å²) < 4.78 is 5.28. The van der Waals surface area contributed by atoms with Crippen molar-refractivity contribution in [2.75, 3.05) is 39.8 Å². The molecule has 6 heteroatoms. The second-order valence-electron chi connectivity index (χ2n) is 8.00. The van der Waals surface area contributed by atoms with E-state index < -0.39 is 6.04 Å². The van der Waals surface area contributed by atoms with Crippen LogP contribution in [0.1, 0.15) is 28.8 Å². The first-order chi connectivity index (χ1) is 14.7. The van der Waals surface area contributed by atoms with Crippen molar-refractivity contribution in [1.82, 2.24) is 14.7 Å². The number of carbonyl (C=O) groups excluding carboxylic acids is 2. The Morgan fingerprint density at radius 2 is 1.73 bits per heavy atom. The second-order valence-corrected chi connectivity index (χ2v) is 8.00. The minimum absolute atomic E-state index is 0.0708. The van der Waals surface area contributed by atoms with Gasteiger partial charge in [-0.15, -0.1) is 0 Å². The first kappa shape index (κ1) is 20.4. The number of amides is 2. The molecule has 1 unspecified atom stereocenters. The van der Waals surface area contributed by atoms with Gasteiger partial charge >= 0.3 is 0 Å². The molecule has 2 aliphatic rings. The zero-order valence-electron chi connectivity index (χ0n) is 17.5. The highest BCUT2D eigenvalue weighted by molar-refractivity contribution is 5.98. The Balaban J connectivity index is 1.55. The maximum Gasteiger partial charge on any atom is 0.254 e. The number of benzene rings is 2. The van der Waals surface area contributed by atoms with Gasteiger partial charge in [0.2, 0.25) is 5.91 Å². The molecule has 1 atom stereocenters. The first-order valence-electron chi connectivity index (χ1n) is 10.7. The van der Waals surface area contributed by atoms with E-state index in [1.165, 1.54) is 5.56 Å². The van der Waals surface area contributed by atoms with Crippen LogP contribution < -0.4 is 4.74 Å². The fourth-order valence-electron chi connectivity index (χ4n) is 4.35. The van der Waals surface area contributed by atoms with E-state index in [0.717, 1.165) is 39.0 Å². The summed E-state index contributed by atoms with van der Waals surface area (Å²) in [5.74, 6) is 0.610. The van der Waals surface area contributed by atoms with Crippen molar-refractivity contribution >= 4 is 11.8 Å². The van der Waals surface area contributed by atoms with Gasteiger partial charge in [-0.2, -0.15) is 0 Å². The number of rotatable bonds is 5. The molecule has 30 heavy (non-hydrogen) atoms. The Labute approximate surface area is 178 Å². The fourth-order valence-corrected chi connectivity index (χ4v) is 4.35. The zero-order chi connectivity index (χ0) is 20.9. The molecule has 0 aromatic heterocycles. The van der Waals surface area contributed by atoms with Gasteiger partial charge in [0.1, 0.15) is 11.8 Å². The third kappa shape index (κ3) is 4.49. The van der Waals surface area contributed by atoms with E-state index >= 15 is 0 Å². The van der Waals surface area contributed by atoms with Gasteiger partial charge in [0, 0.05) is 44.8 Å². The topological polar surface area (TPSA) is 53.1 Å². The lowest BCUT2D eigenvalue weighted by Crippen LogP contribution is -2.60. The maximum absolute atomic E-state index is 13.3. The second kappa shape index (κ2) is 9.30. The largest absolute Gasteiger partial charge is 0.497 e. The van der Waals surface area contributed by atoms with Crippen molar-refractivity contribution in [3.8, 4) is 5.75 Å². The van der Waals surface area contributed by atoms with Crippen LogP contribution in [0.3, 0.4) is 0 Å². The Hall–Kier alpha value is -2.86. The number of hydrogen-bond acceptors (Lipinski definition) is 4. The third-order valence-corrected chi connectivity index (χ3v) is 5.99. The molecule has 0 spiro atoms. The van der Waals surface area contributed by atoms with Gasteiger partial charge in [0.15, 0.2) is 0 Å². The quantitative estimate of drug-likeness (QED) is 0.765. The molecule has 4 rings (SSSR count). The van der Waals surface area contributed by atoms with E-state index in [2.05, 4.69) is 17.0 Å². The highest BCUT2D eigenvalue weighted by atomic mass is 16.5. The van der Waals surface area contributed by atoms with Gasteiger partial charge in [0.25, 0.3) is 5.91 Å². The molecule has 2 fully saturated rings. The van der Waals surface area contributed by atoms with Crippen LogP contribution in [0.5, 0.6) is 5.75 Å². The van der Waals surface area contributed by atoms with Crippen LogP contribution in [-0.2, 0) is 11.3 Å².